The lowest BCUT2D eigenvalue weighted by Crippen LogP contribution is -2.14. The van der Waals surface area contributed by atoms with Gasteiger partial charge in [-0.1, -0.05) is 5.92 Å². The van der Waals surface area contributed by atoms with Crippen LogP contribution < -0.4 is 5.32 Å². The van der Waals surface area contributed by atoms with Crippen molar-refractivity contribution in [2.45, 2.75) is 13.5 Å². The largest absolute Gasteiger partial charge is 0.475 e. The lowest BCUT2D eigenvalue weighted by molar-refractivity contribution is 0.0660. The number of hydrogen-bond acceptors (Lipinski definition) is 3. The average molecular weight is 193 g/mol. The van der Waals surface area contributed by atoms with Crippen molar-refractivity contribution in [3.8, 4) is 11.8 Å². The summed E-state index contributed by atoms with van der Waals surface area (Å²) in [6, 6.07) is 1.63. The van der Waals surface area contributed by atoms with Crippen LogP contribution in [0.4, 0.5) is 0 Å². The first kappa shape index (κ1) is 10.4. The van der Waals surface area contributed by atoms with Gasteiger partial charge in [0.2, 0.25) is 5.76 Å². The molecule has 0 aromatic carbocycles. The molecular formula is C10H11NO3. The Hall–Kier alpha value is -1.73. The van der Waals surface area contributed by atoms with Gasteiger partial charge in [-0.15, -0.1) is 5.92 Å². The molecule has 1 aromatic rings. The quantitative estimate of drug-likeness (QED) is 0.555. The number of furan rings is 1. The number of carboxylic acid groups (broad SMARTS) is 1. The second kappa shape index (κ2) is 5.10. The summed E-state index contributed by atoms with van der Waals surface area (Å²) in [5.41, 5.74) is 0.635. The molecular weight excluding hydrogens is 182 g/mol. The van der Waals surface area contributed by atoms with Crippen molar-refractivity contribution in [3.05, 3.63) is 23.7 Å². The number of hydrogen-bond donors (Lipinski definition) is 2. The van der Waals surface area contributed by atoms with E-state index in [1.807, 2.05) is 0 Å². The second-order valence-electron chi connectivity index (χ2n) is 2.61. The Morgan fingerprint density at radius 1 is 1.71 bits per heavy atom. The molecule has 1 rings (SSSR count). The third-order valence-corrected chi connectivity index (χ3v) is 1.65. The smallest absolute Gasteiger partial charge is 0.372 e. The second-order valence-corrected chi connectivity index (χ2v) is 2.61. The molecule has 1 heterocycles. The molecule has 0 fully saturated rings. The van der Waals surface area contributed by atoms with Crippen molar-refractivity contribution in [2.75, 3.05) is 6.54 Å². The highest BCUT2D eigenvalue weighted by atomic mass is 16.4. The highest BCUT2D eigenvalue weighted by Gasteiger charge is 2.12. The Bertz CT molecular complexity index is 370. The Morgan fingerprint density at radius 3 is 3.14 bits per heavy atom. The van der Waals surface area contributed by atoms with Gasteiger partial charge >= 0.3 is 5.97 Å². The zero-order valence-corrected chi connectivity index (χ0v) is 7.83. The normalized spacial score (nSPS) is 9.21. The maximum absolute atomic E-state index is 10.6. The van der Waals surface area contributed by atoms with Crippen LogP contribution >= 0.6 is 0 Å². The van der Waals surface area contributed by atoms with Gasteiger partial charge < -0.3 is 14.8 Å². The maximum atomic E-state index is 10.6. The Balaban J connectivity index is 2.52. The summed E-state index contributed by atoms with van der Waals surface area (Å²) >= 11 is 0. The Labute approximate surface area is 81.9 Å². The summed E-state index contributed by atoms with van der Waals surface area (Å²) in [4.78, 5) is 10.6. The molecule has 74 valence electrons. The van der Waals surface area contributed by atoms with Crippen LogP contribution in [-0.2, 0) is 6.54 Å². The minimum absolute atomic E-state index is 0.0121. The molecule has 0 amide bonds. The average Bonchev–Trinajstić information content (AvgIpc) is 2.60. The molecule has 0 aliphatic rings. The van der Waals surface area contributed by atoms with E-state index >= 15 is 0 Å². The highest BCUT2D eigenvalue weighted by molar-refractivity contribution is 5.86. The predicted octanol–water partition coefficient (Wildman–Crippen LogP) is 1.09. The lowest BCUT2D eigenvalue weighted by atomic mass is 10.2. The van der Waals surface area contributed by atoms with E-state index in [4.69, 9.17) is 9.52 Å². The SMILES string of the molecule is CC#CCNCc1ccoc1C(=O)O. The first-order chi connectivity index (χ1) is 6.75. The molecule has 0 spiro atoms. The van der Waals surface area contributed by atoms with Crippen LogP contribution in [0.1, 0.15) is 23.0 Å². The fourth-order valence-electron chi connectivity index (χ4n) is 1.01. The first-order valence-electron chi connectivity index (χ1n) is 4.15. The van der Waals surface area contributed by atoms with Crippen molar-refractivity contribution in [2.24, 2.45) is 0 Å². The highest BCUT2D eigenvalue weighted by Crippen LogP contribution is 2.09. The molecule has 2 N–H and O–H groups in total. The Morgan fingerprint density at radius 2 is 2.50 bits per heavy atom. The van der Waals surface area contributed by atoms with Gasteiger partial charge in [-0.25, -0.2) is 4.79 Å². The topological polar surface area (TPSA) is 62.5 Å². The van der Waals surface area contributed by atoms with Crippen molar-refractivity contribution < 1.29 is 14.3 Å². The number of carboxylic acids is 1. The van der Waals surface area contributed by atoms with Crippen LogP contribution in [0.5, 0.6) is 0 Å². The number of aromatic carboxylic acids is 1. The van der Waals surface area contributed by atoms with Crippen LogP contribution in [-0.4, -0.2) is 17.6 Å². The van der Waals surface area contributed by atoms with E-state index in [2.05, 4.69) is 17.2 Å². The first-order valence-corrected chi connectivity index (χ1v) is 4.15. The monoisotopic (exact) mass is 193 g/mol. The summed E-state index contributed by atoms with van der Waals surface area (Å²) in [7, 11) is 0. The summed E-state index contributed by atoms with van der Waals surface area (Å²) in [5, 5.41) is 11.7. The van der Waals surface area contributed by atoms with Crippen LogP contribution in [0.15, 0.2) is 16.7 Å². The molecule has 4 nitrogen and oxygen atoms in total. The van der Waals surface area contributed by atoms with E-state index in [0.29, 0.717) is 18.7 Å². The minimum Gasteiger partial charge on any atom is -0.475 e. The van der Waals surface area contributed by atoms with Crippen molar-refractivity contribution >= 4 is 5.97 Å². The van der Waals surface area contributed by atoms with E-state index in [1.54, 1.807) is 13.0 Å². The van der Waals surface area contributed by atoms with Crippen molar-refractivity contribution in [3.63, 3.8) is 0 Å². The van der Waals surface area contributed by atoms with E-state index < -0.39 is 5.97 Å². The van der Waals surface area contributed by atoms with Gasteiger partial charge in [0.15, 0.2) is 0 Å². The maximum Gasteiger partial charge on any atom is 0.372 e. The lowest BCUT2D eigenvalue weighted by Gasteiger charge is -1.98. The molecule has 1 aromatic heterocycles. The van der Waals surface area contributed by atoms with Gasteiger partial charge in [0.25, 0.3) is 0 Å². The molecule has 0 aliphatic heterocycles. The van der Waals surface area contributed by atoms with E-state index in [9.17, 15) is 4.79 Å². The van der Waals surface area contributed by atoms with Crippen LogP contribution in [0.3, 0.4) is 0 Å². The third kappa shape index (κ3) is 2.64. The van der Waals surface area contributed by atoms with E-state index in [-0.39, 0.29) is 5.76 Å². The van der Waals surface area contributed by atoms with Crippen LogP contribution in [0.25, 0.3) is 0 Å². The number of nitrogens with one attached hydrogen (secondary N) is 1. The number of rotatable bonds is 4. The van der Waals surface area contributed by atoms with Crippen molar-refractivity contribution in [1.82, 2.24) is 5.32 Å². The van der Waals surface area contributed by atoms with E-state index in [0.717, 1.165) is 0 Å². The van der Waals surface area contributed by atoms with Gasteiger partial charge in [-0.05, 0) is 13.0 Å². The molecule has 14 heavy (non-hydrogen) atoms. The van der Waals surface area contributed by atoms with Crippen molar-refractivity contribution in [1.29, 1.82) is 0 Å². The fraction of sp³-hybridized carbons (Fsp3) is 0.300. The molecule has 0 aliphatic carbocycles. The van der Waals surface area contributed by atoms with Gasteiger partial charge in [0.1, 0.15) is 0 Å². The summed E-state index contributed by atoms with van der Waals surface area (Å²) < 4.78 is 4.81. The fourth-order valence-corrected chi connectivity index (χ4v) is 1.01. The Kier molecular flexibility index (Phi) is 3.77. The molecule has 0 radical (unpaired) electrons. The third-order valence-electron chi connectivity index (χ3n) is 1.65. The van der Waals surface area contributed by atoms with Gasteiger partial charge in [0, 0.05) is 12.1 Å². The van der Waals surface area contributed by atoms with Crippen LogP contribution in [0.2, 0.25) is 0 Å². The summed E-state index contributed by atoms with van der Waals surface area (Å²) in [5.74, 6) is 4.49. The van der Waals surface area contributed by atoms with Crippen LogP contribution in [0, 0.1) is 11.8 Å². The summed E-state index contributed by atoms with van der Waals surface area (Å²) in [6.07, 6.45) is 1.37. The molecule has 0 saturated heterocycles. The zero-order valence-electron chi connectivity index (χ0n) is 7.83. The molecule has 0 bridgehead atoms. The zero-order chi connectivity index (χ0) is 10.4. The standard InChI is InChI=1S/C10H11NO3/c1-2-3-5-11-7-8-4-6-14-9(8)10(12)13/h4,6,11H,5,7H2,1H3,(H,12,13). The molecule has 0 unspecified atom stereocenters. The van der Waals surface area contributed by atoms with E-state index in [1.165, 1.54) is 6.26 Å². The minimum atomic E-state index is -1.05. The molecule has 0 atom stereocenters. The molecule has 4 heteroatoms. The molecule has 0 saturated carbocycles. The van der Waals surface area contributed by atoms with Gasteiger partial charge in [0.05, 0.1) is 12.8 Å². The predicted molar refractivity (Wildman–Crippen MR) is 50.8 cm³/mol. The summed E-state index contributed by atoms with van der Waals surface area (Å²) in [6.45, 7) is 2.75. The van der Waals surface area contributed by atoms with Gasteiger partial charge in [-0.2, -0.15) is 0 Å². The number of carbonyl (C=O) groups is 1. The van der Waals surface area contributed by atoms with Gasteiger partial charge in [-0.3, -0.25) is 0 Å².